The van der Waals surface area contributed by atoms with Crippen molar-refractivity contribution in [3.8, 4) is 0 Å². The predicted octanol–water partition coefficient (Wildman–Crippen LogP) is 0.760. The van der Waals surface area contributed by atoms with Crippen LogP contribution in [0.15, 0.2) is 6.07 Å². The Balaban J connectivity index is 2.06. The zero-order chi connectivity index (χ0) is 11.5. The van der Waals surface area contributed by atoms with Gasteiger partial charge in [0.05, 0.1) is 18.3 Å². The Morgan fingerprint density at radius 2 is 2.38 bits per heavy atom. The second kappa shape index (κ2) is 4.76. The third-order valence-electron chi connectivity index (χ3n) is 2.93. The summed E-state index contributed by atoms with van der Waals surface area (Å²) in [5.74, 6) is 1.30. The topological polar surface area (TPSA) is 64.3 Å². The Morgan fingerprint density at radius 1 is 1.56 bits per heavy atom. The number of hydrogen-bond acceptors (Lipinski definition) is 5. The van der Waals surface area contributed by atoms with Crippen molar-refractivity contribution < 1.29 is 4.74 Å². The lowest BCUT2D eigenvalue weighted by Gasteiger charge is -2.40. The zero-order valence-electron chi connectivity index (χ0n) is 9.81. The molecule has 2 N–H and O–H groups in total. The number of anilines is 1. The second-order valence-corrected chi connectivity index (χ2v) is 4.10. The molecule has 0 radical (unpaired) electrons. The smallest absolute Gasteiger partial charge is 0.127 e. The van der Waals surface area contributed by atoms with Crippen LogP contribution in [0, 0.1) is 6.92 Å². The molecule has 16 heavy (non-hydrogen) atoms. The fourth-order valence-corrected chi connectivity index (χ4v) is 2.04. The first kappa shape index (κ1) is 11.3. The molecule has 2 rings (SSSR count). The van der Waals surface area contributed by atoms with Gasteiger partial charge in [-0.3, -0.25) is 4.90 Å². The molecule has 1 fully saturated rings. The van der Waals surface area contributed by atoms with Gasteiger partial charge >= 0.3 is 0 Å². The minimum absolute atomic E-state index is 0.388. The normalized spacial score (nSPS) is 20.8. The molecule has 0 aromatic carbocycles. The Hall–Kier alpha value is -1.20. The predicted molar refractivity (Wildman–Crippen MR) is 62.0 cm³/mol. The van der Waals surface area contributed by atoms with Gasteiger partial charge in [-0.25, -0.2) is 9.97 Å². The molecular formula is C11H18N4O. The van der Waals surface area contributed by atoms with E-state index in [4.69, 9.17) is 10.5 Å². The van der Waals surface area contributed by atoms with Crippen molar-refractivity contribution >= 4 is 5.82 Å². The van der Waals surface area contributed by atoms with Crippen molar-refractivity contribution in [3.05, 3.63) is 17.6 Å². The van der Waals surface area contributed by atoms with Gasteiger partial charge in [0, 0.05) is 26.3 Å². The molecule has 1 aromatic rings. The number of ether oxygens (including phenoxy) is 1. The standard InChI is InChI=1S/C11H18N4O/c1-8-13-9(7-11(12)14-8)10-3-4-15(10)5-6-16-2/h7,10H,3-6H2,1-2H3,(H2,12,13,14). The highest BCUT2D eigenvalue weighted by Gasteiger charge is 2.30. The van der Waals surface area contributed by atoms with Crippen LogP contribution in [0.4, 0.5) is 5.82 Å². The summed E-state index contributed by atoms with van der Waals surface area (Å²) >= 11 is 0. The molecule has 2 heterocycles. The van der Waals surface area contributed by atoms with E-state index in [1.807, 2.05) is 13.0 Å². The molecule has 0 bridgehead atoms. The maximum atomic E-state index is 5.73. The van der Waals surface area contributed by atoms with E-state index in [1.165, 1.54) is 0 Å². The van der Waals surface area contributed by atoms with Crippen molar-refractivity contribution in [2.24, 2.45) is 0 Å². The van der Waals surface area contributed by atoms with E-state index in [9.17, 15) is 0 Å². The molecule has 1 aliphatic rings. The summed E-state index contributed by atoms with van der Waals surface area (Å²) in [5.41, 5.74) is 6.76. The van der Waals surface area contributed by atoms with Gasteiger partial charge in [-0.15, -0.1) is 0 Å². The van der Waals surface area contributed by atoms with Crippen LogP contribution < -0.4 is 5.73 Å². The molecule has 1 aromatic heterocycles. The monoisotopic (exact) mass is 222 g/mol. The lowest BCUT2D eigenvalue weighted by atomic mass is 9.99. The van der Waals surface area contributed by atoms with Gasteiger partial charge in [-0.05, 0) is 13.3 Å². The molecule has 5 heteroatoms. The van der Waals surface area contributed by atoms with E-state index in [0.29, 0.717) is 11.9 Å². The molecule has 0 saturated carbocycles. The highest BCUT2D eigenvalue weighted by Crippen LogP contribution is 2.31. The van der Waals surface area contributed by atoms with Gasteiger partial charge in [0.1, 0.15) is 11.6 Å². The molecule has 0 amide bonds. The first-order valence-corrected chi connectivity index (χ1v) is 5.54. The third-order valence-corrected chi connectivity index (χ3v) is 2.93. The molecule has 0 aliphatic carbocycles. The molecule has 1 unspecified atom stereocenters. The minimum Gasteiger partial charge on any atom is -0.384 e. The van der Waals surface area contributed by atoms with E-state index >= 15 is 0 Å². The van der Waals surface area contributed by atoms with Gasteiger partial charge in [-0.2, -0.15) is 0 Å². The van der Waals surface area contributed by atoms with Crippen LogP contribution in [0.5, 0.6) is 0 Å². The number of aryl methyl sites for hydroxylation is 1. The maximum Gasteiger partial charge on any atom is 0.127 e. The fraction of sp³-hybridized carbons (Fsp3) is 0.636. The van der Waals surface area contributed by atoms with Crippen LogP contribution in [0.1, 0.15) is 24.0 Å². The number of methoxy groups -OCH3 is 1. The van der Waals surface area contributed by atoms with Crippen LogP contribution in [-0.2, 0) is 4.74 Å². The van der Waals surface area contributed by atoms with Crippen LogP contribution in [0.25, 0.3) is 0 Å². The number of hydrogen-bond donors (Lipinski definition) is 1. The minimum atomic E-state index is 0.388. The van der Waals surface area contributed by atoms with E-state index in [2.05, 4.69) is 14.9 Å². The Bertz CT molecular complexity index is 349. The summed E-state index contributed by atoms with van der Waals surface area (Å²) in [6.45, 7) is 4.69. The first-order valence-electron chi connectivity index (χ1n) is 5.54. The Labute approximate surface area is 95.6 Å². The quantitative estimate of drug-likeness (QED) is 0.814. The Morgan fingerprint density at radius 3 is 2.94 bits per heavy atom. The average molecular weight is 222 g/mol. The van der Waals surface area contributed by atoms with Crippen molar-refractivity contribution in [3.63, 3.8) is 0 Å². The number of likely N-dealkylation sites (tertiary alicyclic amines) is 1. The number of nitrogens with two attached hydrogens (primary N) is 1. The van der Waals surface area contributed by atoms with Crippen LogP contribution in [0.2, 0.25) is 0 Å². The summed E-state index contributed by atoms with van der Waals surface area (Å²) in [6.07, 6.45) is 1.14. The molecule has 1 atom stereocenters. The summed E-state index contributed by atoms with van der Waals surface area (Å²) < 4.78 is 5.08. The van der Waals surface area contributed by atoms with Gasteiger partial charge in [0.15, 0.2) is 0 Å². The Kier molecular flexibility index (Phi) is 3.36. The van der Waals surface area contributed by atoms with E-state index in [1.54, 1.807) is 7.11 Å². The van der Waals surface area contributed by atoms with E-state index in [0.717, 1.165) is 37.6 Å². The molecule has 88 valence electrons. The SMILES string of the molecule is COCCN1CCC1c1cc(N)nc(C)n1. The van der Waals surface area contributed by atoms with Crippen LogP contribution >= 0.6 is 0 Å². The lowest BCUT2D eigenvalue weighted by Crippen LogP contribution is -2.43. The lowest BCUT2D eigenvalue weighted by molar-refractivity contribution is 0.0529. The van der Waals surface area contributed by atoms with Crippen molar-refractivity contribution in [1.82, 2.24) is 14.9 Å². The van der Waals surface area contributed by atoms with Crippen LogP contribution in [-0.4, -0.2) is 41.7 Å². The number of nitrogen functional groups attached to an aromatic ring is 1. The summed E-state index contributed by atoms with van der Waals surface area (Å²) in [4.78, 5) is 10.9. The first-order chi connectivity index (χ1) is 7.70. The average Bonchev–Trinajstić information content (AvgIpc) is 2.14. The zero-order valence-corrected chi connectivity index (χ0v) is 9.81. The highest BCUT2D eigenvalue weighted by atomic mass is 16.5. The van der Waals surface area contributed by atoms with Crippen LogP contribution in [0.3, 0.4) is 0 Å². The van der Waals surface area contributed by atoms with Crippen molar-refractivity contribution in [1.29, 1.82) is 0 Å². The molecule has 1 aliphatic heterocycles. The highest BCUT2D eigenvalue weighted by molar-refractivity contribution is 5.31. The van der Waals surface area contributed by atoms with Gasteiger partial charge in [-0.1, -0.05) is 0 Å². The summed E-state index contributed by atoms with van der Waals surface area (Å²) in [6, 6.07) is 2.26. The van der Waals surface area contributed by atoms with Gasteiger partial charge < -0.3 is 10.5 Å². The molecule has 0 spiro atoms. The number of nitrogens with zero attached hydrogens (tertiary/aromatic N) is 3. The summed E-state index contributed by atoms with van der Waals surface area (Å²) in [7, 11) is 1.72. The number of rotatable bonds is 4. The fourth-order valence-electron chi connectivity index (χ4n) is 2.04. The van der Waals surface area contributed by atoms with Crippen molar-refractivity contribution in [2.45, 2.75) is 19.4 Å². The number of aromatic nitrogens is 2. The second-order valence-electron chi connectivity index (χ2n) is 4.10. The molecule has 1 saturated heterocycles. The van der Waals surface area contributed by atoms with E-state index in [-0.39, 0.29) is 0 Å². The molecule has 5 nitrogen and oxygen atoms in total. The van der Waals surface area contributed by atoms with Gasteiger partial charge in [0.25, 0.3) is 0 Å². The maximum absolute atomic E-state index is 5.73. The van der Waals surface area contributed by atoms with Crippen molar-refractivity contribution in [2.75, 3.05) is 32.5 Å². The summed E-state index contributed by atoms with van der Waals surface area (Å²) in [5, 5.41) is 0. The molecular weight excluding hydrogens is 204 g/mol. The van der Waals surface area contributed by atoms with Gasteiger partial charge in [0.2, 0.25) is 0 Å². The largest absolute Gasteiger partial charge is 0.384 e. The van der Waals surface area contributed by atoms with E-state index < -0.39 is 0 Å². The third kappa shape index (κ3) is 2.31.